The molecule has 20 heavy (non-hydrogen) atoms. The van der Waals surface area contributed by atoms with E-state index in [2.05, 4.69) is 10.6 Å². The molecule has 1 atom stereocenters. The van der Waals surface area contributed by atoms with E-state index < -0.39 is 23.9 Å². The number of carboxylic acid groups (broad SMARTS) is 1. The van der Waals surface area contributed by atoms with Gasteiger partial charge >= 0.3 is 12.0 Å². The Labute approximate surface area is 118 Å². The monoisotopic (exact) mass is 301 g/mol. The fourth-order valence-corrected chi connectivity index (χ4v) is 2.07. The fourth-order valence-electron chi connectivity index (χ4n) is 1.30. The van der Waals surface area contributed by atoms with Crippen LogP contribution in [0.3, 0.4) is 0 Å². The molecule has 110 valence electrons. The van der Waals surface area contributed by atoms with Gasteiger partial charge in [0.2, 0.25) is 5.91 Å². The molecule has 0 fully saturated rings. The van der Waals surface area contributed by atoms with Crippen molar-refractivity contribution in [3.05, 3.63) is 22.4 Å². The van der Waals surface area contributed by atoms with E-state index in [4.69, 9.17) is 15.6 Å². The van der Waals surface area contributed by atoms with E-state index in [0.29, 0.717) is 4.88 Å². The average molecular weight is 301 g/mol. The van der Waals surface area contributed by atoms with Crippen LogP contribution in [0.2, 0.25) is 0 Å². The Kier molecular flexibility index (Phi) is 6.47. The van der Waals surface area contributed by atoms with Gasteiger partial charge in [0, 0.05) is 11.4 Å². The van der Waals surface area contributed by atoms with Crippen LogP contribution in [-0.2, 0) is 14.3 Å². The molecule has 0 aliphatic carbocycles. The second kappa shape index (κ2) is 8.12. The molecular weight excluding hydrogens is 286 g/mol. The zero-order valence-electron chi connectivity index (χ0n) is 10.5. The zero-order chi connectivity index (χ0) is 15.0. The lowest BCUT2D eigenvalue weighted by Gasteiger charge is -2.13. The molecular formula is C11H15N3O5S. The Balaban J connectivity index is 2.33. The smallest absolute Gasteiger partial charge is 0.331 e. The number of hydrogen-bond donors (Lipinski definition) is 4. The molecule has 3 amide bonds. The van der Waals surface area contributed by atoms with Crippen LogP contribution in [0.25, 0.3) is 0 Å². The SMILES string of the molecule is NC(=O)COCCNC(=O)NC(C(=O)O)c1cccs1. The summed E-state index contributed by atoms with van der Waals surface area (Å²) in [6.45, 7) is 0.0131. The molecule has 0 aliphatic heterocycles. The van der Waals surface area contributed by atoms with Crippen LogP contribution in [-0.4, -0.2) is 42.8 Å². The lowest BCUT2D eigenvalue weighted by atomic mass is 10.2. The normalized spacial score (nSPS) is 11.6. The maximum absolute atomic E-state index is 11.5. The maximum Gasteiger partial charge on any atom is 0.331 e. The molecule has 0 bridgehead atoms. The molecule has 0 aliphatic rings. The van der Waals surface area contributed by atoms with E-state index >= 15 is 0 Å². The van der Waals surface area contributed by atoms with E-state index in [1.54, 1.807) is 17.5 Å². The van der Waals surface area contributed by atoms with Crippen LogP contribution in [0.1, 0.15) is 10.9 Å². The first-order valence-electron chi connectivity index (χ1n) is 5.67. The van der Waals surface area contributed by atoms with Gasteiger partial charge in [-0.1, -0.05) is 6.07 Å². The van der Waals surface area contributed by atoms with Gasteiger partial charge in [0.25, 0.3) is 0 Å². The first-order valence-corrected chi connectivity index (χ1v) is 6.55. The highest BCUT2D eigenvalue weighted by atomic mass is 32.1. The first kappa shape index (κ1) is 15.9. The number of ether oxygens (including phenoxy) is 1. The molecule has 0 aromatic carbocycles. The Bertz CT molecular complexity index is 463. The predicted octanol–water partition coefficient (Wildman–Crippen LogP) is -0.325. The van der Waals surface area contributed by atoms with Gasteiger partial charge in [0.1, 0.15) is 6.61 Å². The van der Waals surface area contributed by atoms with Crippen molar-refractivity contribution in [3.8, 4) is 0 Å². The number of primary amides is 1. The number of urea groups is 1. The Hall–Kier alpha value is -2.13. The number of amides is 3. The average Bonchev–Trinajstić information content (AvgIpc) is 2.88. The Morgan fingerprint density at radius 3 is 2.75 bits per heavy atom. The molecule has 0 saturated heterocycles. The molecule has 1 heterocycles. The molecule has 1 rings (SSSR count). The summed E-state index contributed by atoms with van der Waals surface area (Å²) in [5.41, 5.74) is 4.86. The van der Waals surface area contributed by atoms with E-state index in [-0.39, 0.29) is 19.8 Å². The van der Waals surface area contributed by atoms with E-state index in [1.807, 2.05) is 0 Å². The van der Waals surface area contributed by atoms with E-state index in [1.165, 1.54) is 11.3 Å². The number of thiophene rings is 1. The number of carbonyl (C=O) groups is 3. The first-order chi connectivity index (χ1) is 9.50. The van der Waals surface area contributed by atoms with Crippen LogP contribution >= 0.6 is 11.3 Å². The number of carbonyl (C=O) groups excluding carboxylic acids is 2. The van der Waals surface area contributed by atoms with Gasteiger partial charge in [-0.15, -0.1) is 11.3 Å². The number of aliphatic carboxylic acids is 1. The summed E-state index contributed by atoms with van der Waals surface area (Å²) in [6.07, 6.45) is 0. The summed E-state index contributed by atoms with van der Waals surface area (Å²) in [6, 6.07) is 1.60. The molecule has 1 unspecified atom stereocenters. The van der Waals surface area contributed by atoms with Crippen LogP contribution in [0.4, 0.5) is 4.79 Å². The van der Waals surface area contributed by atoms with Gasteiger partial charge in [-0.3, -0.25) is 4.79 Å². The van der Waals surface area contributed by atoms with Gasteiger partial charge in [-0.05, 0) is 11.4 Å². The molecule has 5 N–H and O–H groups in total. The molecule has 0 spiro atoms. The van der Waals surface area contributed by atoms with Crippen molar-refractivity contribution in [2.75, 3.05) is 19.8 Å². The quantitative estimate of drug-likeness (QED) is 0.489. The number of rotatable bonds is 8. The van der Waals surface area contributed by atoms with Crippen LogP contribution in [0, 0.1) is 0 Å². The standard InChI is InChI=1S/C11H15N3O5S/c12-8(15)6-19-4-3-13-11(18)14-9(10(16)17)7-2-1-5-20-7/h1-2,5,9H,3-4,6H2,(H2,12,15)(H,16,17)(H2,13,14,18). The second-order valence-electron chi connectivity index (χ2n) is 3.71. The summed E-state index contributed by atoms with van der Waals surface area (Å²) in [7, 11) is 0. The van der Waals surface area contributed by atoms with Crippen molar-refractivity contribution in [1.29, 1.82) is 0 Å². The topological polar surface area (TPSA) is 131 Å². The van der Waals surface area contributed by atoms with Crippen molar-refractivity contribution < 1.29 is 24.2 Å². The van der Waals surface area contributed by atoms with Gasteiger partial charge < -0.3 is 26.2 Å². The van der Waals surface area contributed by atoms with Crippen molar-refractivity contribution in [3.63, 3.8) is 0 Å². The van der Waals surface area contributed by atoms with Crippen LogP contribution in [0.5, 0.6) is 0 Å². The molecule has 0 saturated carbocycles. The van der Waals surface area contributed by atoms with Gasteiger partial charge in [0.15, 0.2) is 6.04 Å². The van der Waals surface area contributed by atoms with Crippen molar-refractivity contribution in [1.82, 2.24) is 10.6 Å². The summed E-state index contributed by atoms with van der Waals surface area (Å²) in [4.78, 5) is 33.5. The van der Waals surface area contributed by atoms with Crippen molar-refractivity contribution >= 4 is 29.2 Å². The Morgan fingerprint density at radius 2 is 2.20 bits per heavy atom. The largest absolute Gasteiger partial charge is 0.479 e. The molecule has 1 aromatic rings. The van der Waals surface area contributed by atoms with Gasteiger partial charge in [-0.25, -0.2) is 9.59 Å². The number of nitrogens with two attached hydrogens (primary N) is 1. The van der Waals surface area contributed by atoms with Crippen molar-refractivity contribution in [2.24, 2.45) is 5.73 Å². The molecule has 0 radical (unpaired) electrons. The minimum absolute atomic E-state index is 0.104. The van der Waals surface area contributed by atoms with Crippen LogP contribution in [0.15, 0.2) is 17.5 Å². The number of nitrogens with one attached hydrogen (secondary N) is 2. The molecule has 9 heteroatoms. The highest BCUT2D eigenvalue weighted by Gasteiger charge is 2.22. The van der Waals surface area contributed by atoms with E-state index in [0.717, 1.165) is 0 Å². The van der Waals surface area contributed by atoms with E-state index in [9.17, 15) is 14.4 Å². The second-order valence-corrected chi connectivity index (χ2v) is 4.69. The lowest BCUT2D eigenvalue weighted by molar-refractivity contribution is -0.139. The van der Waals surface area contributed by atoms with Crippen LogP contribution < -0.4 is 16.4 Å². The third-order valence-electron chi connectivity index (χ3n) is 2.13. The highest BCUT2D eigenvalue weighted by molar-refractivity contribution is 7.10. The summed E-state index contributed by atoms with van der Waals surface area (Å²) >= 11 is 1.24. The summed E-state index contributed by atoms with van der Waals surface area (Å²) in [5, 5.41) is 15.5. The fraction of sp³-hybridized carbons (Fsp3) is 0.364. The highest BCUT2D eigenvalue weighted by Crippen LogP contribution is 2.18. The summed E-state index contributed by atoms with van der Waals surface area (Å²) < 4.78 is 4.84. The molecule has 8 nitrogen and oxygen atoms in total. The predicted molar refractivity (Wildman–Crippen MR) is 71.2 cm³/mol. The number of carboxylic acids is 1. The van der Waals surface area contributed by atoms with Crippen molar-refractivity contribution in [2.45, 2.75) is 6.04 Å². The Morgan fingerprint density at radius 1 is 1.45 bits per heavy atom. The van der Waals surface area contributed by atoms with Gasteiger partial charge in [-0.2, -0.15) is 0 Å². The third kappa shape index (κ3) is 5.67. The van der Waals surface area contributed by atoms with Gasteiger partial charge in [0.05, 0.1) is 6.61 Å². The minimum Gasteiger partial charge on any atom is -0.479 e. The zero-order valence-corrected chi connectivity index (χ0v) is 11.3. The maximum atomic E-state index is 11.5. The summed E-state index contributed by atoms with van der Waals surface area (Å²) in [5.74, 6) is -1.74. The number of hydrogen-bond acceptors (Lipinski definition) is 5. The molecule has 1 aromatic heterocycles. The lowest BCUT2D eigenvalue weighted by Crippen LogP contribution is -2.41. The third-order valence-corrected chi connectivity index (χ3v) is 3.06. The minimum atomic E-state index is -1.15.